The van der Waals surface area contributed by atoms with E-state index in [1.807, 2.05) is 41.8 Å². The van der Waals surface area contributed by atoms with E-state index in [0.29, 0.717) is 28.8 Å². The van der Waals surface area contributed by atoms with Crippen molar-refractivity contribution < 1.29 is 14.3 Å². The van der Waals surface area contributed by atoms with E-state index in [2.05, 4.69) is 15.3 Å². The number of hydrogen-bond donors (Lipinski definition) is 1. The Kier molecular flexibility index (Phi) is 5.03. The normalized spacial score (nSPS) is 16.2. The third-order valence-corrected chi connectivity index (χ3v) is 5.29. The van der Waals surface area contributed by atoms with Crippen molar-refractivity contribution in [2.75, 3.05) is 23.9 Å². The number of benzene rings is 1. The number of rotatable bonds is 5. The topological polar surface area (TPSA) is 84.4 Å². The van der Waals surface area contributed by atoms with Gasteiger partial charge in [0.15, 0.2) is 5.13 Å². The number of nitrogens with one attached hydrogen (secondary N) is 1. The Balaban J connectivity index is 1.45. The molecular formula is C20H18N4O3S. The molecule has 28 heavy (non-hydrogen) atoms. The van der Waals surface area contributed by atoms with Crippen molar-refractivity contribution in [2.24, 2.45) is 5.92 Å². The summed E-state index contributed by atoms with van der Waals surface area (Å²) in [5.41, 5.74) is 2.13. The van der Waals surface area contributed by atoms with Crippen LogP contribution in [0, 0.1) is 5.92 Å². The highest BCUT2D eigenvalue weighted by molar-refractivity contribution is 7.14. The smallest absolute Gasteiger partial charge is 0.231 e. The highest BCUT2D eigenvalue weighted by Gasteiger charge is 2.36. The number of anilines is 2. The van der Waals surface area contributed by atoms with Gasteiger partial charge >= 0.3 is 0 Å². The fraction of sp³-hybridized carbons (Fsp3) is 0.200. The van der Waals surface area contributed by atoms with Gasteiger partial charge in [0, 0.05) is 24.5 Å². The number of pyridine rings is 1. The summed E-state index contributed by atoms with van der Waals surface area (Å²) in [6.45, 7) is 0.309. The predicted molar refractivity (Wildman–Crippen MR) is 107 cm³/mol. The minimum atomic E-state index is -0.445. The first-order chi connectivity index (χ1) is 13.7. The van der Waals surface area contributed by atoms with Gasteiger partial charge in [0.1, 0.15) is 11.4 Å². The number of carbonyl (C=O) groups is 2. The van der Waals surface area contributed by atoms with Crippen molar-refractivity contribution in [1.29, 1.82) is 0 Å². The molecule has 1 atom stereocenters. The van der Waals surface area contributed by atoms with Crippen LogP contribution in [0.5, 0.6) is 5.75 Å². The van der Waals surface area contributed by atoms with Gasteiger partial charge in [0.2, 0.25) is 11.8 Å². The van der Waals surface area contributed by atoms with Crippen molar-refractivity contribution >= 4 is 34.0 Å². The monoisotopic (exact) mass is 394 g/mol. The second-order valence-electron chi connectivity index (χ2n) is 6.32. The molecule has 2 amide bonds. The van der Waals surface area contributed by atoms with Gasteiger partial charge in [-0.1, -0.05) is 18.2 Å². The Hall–Kier alpha value is -3.26. The molecule has 1 aromatic carbocycles. The average molecular weight is 394 g/mol. The third kappa shape index (κ3) is 3.59. The first-order valence-corrected chi connectivity index (χ1v) is 9.65. The molecular weight excluding hydrogens is 376 g/mol. The Morgan fingerprint density at radius 3 is 2.82 bits per heavy atom. The van der Waals surface area contributed by atoms with Crippen LogP contribution in [-0.2, 0) is 9.59 Å². The SMILES string of the molecule is COc1ccccc1N1CC(C(=O)Nc2nc(-c3ccccn3)cs2)CC1=O. The molecule has 142 valence electrons. The summed E-state index contributed by atoms with van der Waals surface area (Å²) in [5.74, 6) is -0.151. The number of nitrogens with zero attached hydrogens (tertiary/aromatic N) is 3. The van der Waals surface area contributed by atoms with Crippen LogP contribution in [0.3, 0.4) is 0 Å². The number of amides is 2. The largest absolute Gasteiger partial charge is 0.495 e. The number of hydrogen-bond acceptors (Lipinski definition) is 6. The maximum atomic E-state index is 12.7. The first-order valence-electron chi connectivity index (χ1n) is 8.77. The van der Waals surface area contributed by atoms with E-state index < -0.39 is 5.92 Å². The van der Waals surface area contributed by atoms with Crippen LogP contribution in [0.1, 0.15) is 6.42 Å². The molecule has 0 spiro atoms. The summed E-state index contributed by atoms with van der Waals surface area (Å²) in [6.07, 6.45) is 1.85. The van der Waals surface area contributed by atoms with Crippen LogP contribution < -0.4 is 15.0 Å². The van der Waals surface area contributed by atoms with E-state index in [4.69, 9.17) is 4.74 Å². The molecule has 1 N–H and O–H groups in total. The van der Waals surface area contributed by atoms with Gasteiger partial charge < -0.3 is 15.0 Å². The van der Waals surface area contributed by atoms with Gasteiger partial charge in [-0.05, 0) is 24.3 Å². The highest BCUT2D eigenvalue weighted by atomic mass is 32.1. The van der Waals surface area contributed by atoms with Gasteiger partial charge in [-0.15, -0.1) is 11.3 Å². The molecule has 7 nitrogen and oxygen atoms in total. The van der Waals surface area contributed by atoms with E-state index in [-0.39, 0.29) is 18.2 Å². The molecule has 0 radical (unpaired) electrons. The second-order valence-corrected chi connectivity index (χ2v) is 7.18. The van der Waals surface area contributed by atoms with Crippen LogP contribution in [0.15, 0.2) is 54.0 Å². The minimum Gasteiger partial charge on any atom is -0.495 e. The molecule has 1 aliphatic rings. The van der Waals surface area contributed by atoms with Crippen LogP contribution in [-0.4, -0.2) is 35.4 Å². The zero-order chi connectivity index (χ0) is 19.5. The summed E-state index contributed by atoms with van der Waals surface area (Å²) in [7, 11) is 1.56. The van der Waals surface area contributed by atoms with E-state index in [1.54, 1.807) is 24.3 Å². The summed E-state index contributed by atoms with van der Waals surface area (Å²) < 4.78 is 5.33. The maximum Gasteiger partial charge on any atom is 0.231 e. The first kappa shape index (κ1) is 18.1. The third-order valence-electron chi connectivity index (χ3n) is 4.53. The quantitative estimate of drug-likeness (QED) is 0.718. The number of para-hydroxylation sites is 2. The highest BCUT2D eigenvalue weighted by Crippen LogP contribution is 2.33. The fourth-order valence-corrected chi connectivity index (χ4v) is 3.85. The van der Waals surface area contributed by atoms with Crippen molar-refractivity contribution in [3.05, 3.63) is 54.0 Å². The molecule has 0 aliphatic carbocycles. The van der Waals surface area contributed by atoms with Crippen molar-refractivity contribution in [2.45, 2.75) is 6.42 Å². The second kappa shape index (κ2) is 7.77. The van der Waals surface area contributed by atoms with Gasteiger partial charge in [-0.3, -0.25) is 14.6 Å². The van der Waals surface area contributed by atoms with E-state index in [0.717, 1.165) is 5.69 Å². The Labute approximate surface area is 166 Å². The molecule has 1 aliphatic heterocycles. The van der Waals surface area contributed by atoms with Gasteiger partial charge in [0.05, 0.1) is 24.4 Å². The van der Waals surface area contributed by atoms with Crippen molar-refractivity contribution in [1.82, 2.24) is 9.97 Å². The van der Waals surface area contributed by atoms with Crippen molar-refractivity contribution in [3.63, 3.8) is 0 Å². The molecule has 1 fully saturated rings. The average Bonchev–Trinajstić information content (AvgIpc) is 3.35. The van der Waals surface area contributed by atoms with Crippen LogP contribution in [0.25, 0.3) is 11.4 Å². The molecule has 4 rings (SSSR count). The van der Waals surface area contributed by atoms with E-state index >= 15 is 0 Å². The summed E-state index contributed by atoms with van der Waals surface area (Å²) in [6, 6.07) is 12.9. The van der Waals surface area contributed by atoms with E-state index in [9.17, 15) is 9.59 Å². The molecule has 1 saturated heterocycles. The Bertz CT molecular complexity index is 1010. The number of methoxy groups -OCH3 is 1. The maximum absolute atomic E-state index is 12.7. The zero-order valence-electron chi connectivity index (χ0n) is 15.2. The lowest BCUT2D eigenvalue weighted by atomic mass is 10.1. The van der Waals surface area contributed by atoms with Crippen LogP contribution >= 0.6 is 11.3 Å². The Morgan fingerprint density at radius 2 is 2.04 bits per heavy atom. The van der Waals surface area contributed by atoms with Gasteiger partial charge in [-0.2, -0.15) is 0 Å². The van der Waals surface area contributed by atoms with Gasteiger partial charge in [-0.25, -0.2) is 4.98 Å². The standard InChI is InChI=1S/C20H18N4O3S/c1-27-17-8-3-2-7-16(17)24-11-13(10-18(24)25)19(26)23-20-22-15(12-28-20)14-6-4-5-9-21-14/h2-9,12-13H,10-11H2,1H3,(H,22,23,26). The minimum absolute atomic E-state index is 0.0991. The number of ether oxygens (including phenoxy) is 1. The lowest BCUT2D eigenvalue weighted by Gasteiger charge is -2.19. The molecule has 1 unspecified atom stereocenters. The number of carbonyl (C=O) groups excluding carboxylic acids is 2. The molecule has 0 saturated carbocycles. The Morgan fingerprint density at radius 1 is 1.21 bits per heavy atom. The number of aromatic nitrogens is 2. The van der Waals surface area contributed by atoms with Crippen LogP contribution in [0.4, 0.5) is 10.8 Å². The molecule has 0 bridgehead atoms. The van der Waals surface area contributed by atoms with Gasteiger partial charge in [0.25, 0.3) is 0 Å². The molecule has 2 aromatic heterocycles. The predicted octanol–water partition coefficient (Wildman–Crippen LogP) is 3.21. The number of thiazole rings is 1. The lowest BCUT2D eigenvalue weighted by Crippen LogP contribution is -2.28. The van der Waals surface area contributed by atoms with Crippen LogP contribution in [0.2, 0.25) is 0 Å². The molecule has 8 heteroatoms. The van der Waals surface area contributed by atoms with E-state index in [1.165, 1.54) is 11.3 Å². The molecule has 3 aromatic rings. The lowest BCUT2D eigenvalue weighted by molar-refractivity contribution is -0.122. The summed E-state index contributed by atoms with van der Waals surface area (Å²) >= 11 is 1.33. The zero-order valence-corrected chi connectivity index (χ0v) is 16.0. The van der Waals surface area contributed by atoms with Crippen molar-refractivity contribution in [3.8, 4) is 17.1 Å². The molecule has 3 heterocycles. The summed E-state index contributed by atoms with van der Waals surface area (Å²) in [5, 5.41) is 5.17. The summed E-state index contributed by atoms with van der Waals surface area (Å²) in [4.78, 5) is 35.4. The fourth-order valence-electron chi connectivity index (χ4n) is 3.14.